The van der Waals surface area contributed by atoms with Gasteiger partial charge >= 0.3 is 0 Å². The van der Waals surface area contributed by atoms with Crippen molar-refractivity contribution >= 4 is 11.8 Å². The zero-order valence-corrected chi connectivity index (χ0v) is 15.9. The number of nitrogens with one attached hydrogen (secondary N) is 1. The molecule has 1 aliphatic heterocycles. The van der Waals surface area contributed by atoms with Gasteiger partial charge in [0.05, 0.1) is 7.11 Å². The molecule has 2 N–H and O–H groups in total. The van der Waals surface area contributed by atoms with Gasteiger partial charge in [-0.1, -0.05) is 12.5 Å². The summed E-state index contributed by atoms with van der Waals surface area (Å²) in [5.41, 5.74) is 1.20. The molecule has 0 radical (unpaired) electrons. The number of rotatable bonds is 9. The molecular formula is C19H30N2O3S. The number of hydrogen-bond acceptors (Lipinski definition) is 6. The van der Waals surface area contributed by atoms with E-state index >= 15 is 0 Å². The number of aliphatic hydroxyl groups excluding tert-OH is 1. The second-order valence-corrected chi connectivity index (χ2v) is 8.10. The summed E-state index contributed by atoms with van der Waals surface area (Å²) >= 11 is 1.98. The molecule has 1 saturated carbocycles. The molecule has 1 saturated heterocycles. The van der Waals surface area contributed by atoms with Crippen molar-refractivity contribution in [1.29, 1.82) is 0 Å². The Morgan fingerprint density at radius 2 is 2.08 bits per heavy atom. The number of methoxy groups -OCH3 is 1. The summed E-state index contributed by atoms with van der Waals surface area (Å²) in [4.78, 5) is 2.30. The third kappa shape index (κ3) is 5.78. The summed E-state index contributed by atoms with van der Waals surface area (Å²) in [7, 11) is 1.66. The molecule has 3 rings (SSSR count). The van der Waals surface area contributed by atoms with Crippen LogP contribution in [0.5, 0.6) is 11.5 Å². The monoisotopic (exact) mass is 366 g/mol. The number of thioether (sulfide) groups is 1. The Kier molecular flexibility index (Phi) is 7.28. The van der Waals surface area contributed by atoms with E-state index in [9.17, 15) is 5.11 Å². The van der Waals surface area contributed by atoms with Crippen LogP contribution < -0.4 is 14.8 Å². The van der Waals surface area contributed by atoms with E-state index in [1.54, 1.807) is 7.11 Å². The quantitative estimate of drug-likeness (QED) is 0.698. The average molecular weight is 367 g/mol. The highest BCUT2D eigenvalue weighted by Crippen LogP contribution is 2.28. The summed E-state index contributed by atoms with van der Waals surface area (Å²) in [6.45, 7) is 3.92. The fourth-order valence-electron chi connectivity index (χ4n) is 3.14. The van der Waals surface area contributed by atoms with Crippen molar-refractivity contribution in [3.05, 3.63) is 23.8 Å². The molecule has 1 heterocycles. The molecular weight excluding hydrogens is 336 g/mol. The fourth-order valence-corrected chi connectivity index (χ4v) is 4.11. The zero-order chi connectivity index (χ0) is 17.5. The van der Waals surface area contributed by atoms with Gasteiger partial charge in [-0.3, -0.25) is 4.90 Å². The maximum Gasteiger partial charge on any atom is 0.161 e. The summed E-state index contributed by atoms with van der Waals surface area (Å²) < 4.78 is 11.3. The number of benzene rings is 1. The van der Waals surface area contributed by atoms with Crippen LogP contribution in [0.3, 0.4) is 0 Å². The maximum absolute atomic E-state index is 10.2. The third-order valence-corrected chi connectivity index (χ3v) is 5.87. The summed E-state index contributed by atoms with van der Waals surface area (Å²) in [5.74, 6) is 3.73. The molecule has 1 aliphatic carbocycles. The van der Waals surface area contributed by atoms with Crippen LogP contribution in [0.15, 0.2) is 18.2 Å². The Bertz CT molecular complexity index is 533. The first-order valence-corrected chi connectivity index (χ1v) is 10.4. The van der Waals surface area contributed by atoms with E-state index in [4.69, 9.17) is 9.47 Å². The van der Waals surface area contributed by atoms with Crippen molar-refractivity contribution in [2.45, 2.75) is 38.0 Å². The molecule has 0 unspecified atom stereocenters. The predicted molar refractivity (Wildman–Crippen MR) is 103 cm³/mol. The van der Waals surface area contributed by atoms with Crippen molar-refractivity contribution in [2.75, 3.05) is 44.9 Å². The van der Waals surface area contributed by atoms with Crippen LogP contribution in [0.4, 0.5) is 0 Å². The smallest absolute Gasteiger partial charge is 0.161 e. The lowest BCUT2D eigenvalue weighted by Crippen LogP contribution is -2.40. The largest absolute Gasteiger partial charge is 0.493 e. The lowest BCUT2D eigenvalue weighted by Gasteiger charge is -2.28. The standard InChI is InChI=1S/C19H30N2O3S/c1-23-19-11-15(12-20-16-3-2-4-16)5-6-18(19)24-14-17(22)13-21-7-9-25-10-8-21/h5-6,11,16-17,20,22H,2-4,7-10,12-14H2,1H3/t17-/m1/s1. The third-order valence-electron chi connectivity index (χ3n) is 4.93. The molecule has 0 spiro atoms. The first-order chi connectivity index (χ1) is 12.2. The summed E-state index contributed by atoms with van der Waals surface area (Å²) in [6.07, 6.45) is 3.43. The van der Waals surface area contributed by atoms with E-state index in [0.29, 0.717) is 24.9 Å². The lowest BCUT2D eigenvalue weighted by atomic mass is 9.93. The van der Waals surface area contributed by atoms with Gasteiger partial charge in [0.1, 0.15) is 12.7 Å². The molecule has 0 aromatic heterocycles. The predicted octanol–water partition coefficient (Wildman–Crippen LogP) is 2.13. The number of hydrogen-bond donors (Lipinski definition) is 2. The Morgan fingerprint density at radius 3 is 2.76 bits per heavy atom. The van der Waals surface area contributed by atoms with Crippen LogP contribution in [0.25, 0.3) is 0 Å². The normalized spacial score (nSPS) is 20.1. The molecule has 1 aromatic rings. The summed E-state index contributed by atoms with van der Waals surface area (Å²) in [5, 5.41) is 13.8. The lowest BCUT2D eigenvalue weighted by molar-refractivity contribution is 0.0705. The highest BCUT2D eigenvalue weighted by molar-refractivity contribution is 7.99. The molecule has 25 heavy (non-hydrogen) atoms. The first-order valence-electron chi connectivity index (χ1n) is 9.26. The Morgan fingerprint density at radius 1 is 1.28 bits per heavy atom. The van der Waals surface area contributed by atoms with Gasteiger partial charge in [0.15, 0.2) is 11.5 Å². The van der Waals surface area contributed by atoms with Crippen LogP contribution in [0.2, 0.25) is 0 Å². The van der Waals surface area contributed by atoms with Crippen LogP contribution >= 0.6 is 11.8 Å². The molecule has 5 nitrogen and oxygen atoms in total. The highest BCUT2D eigenvalue weighted by atomic mass is 32.2. The topological polar surface area (TPSA) is 54.0 Å². The second-order valence-electron chi connectivity index (χ2n) is 6.87. The van der Waals surface area contributed by atoms with E-state index in [-0.39, 0.29) is 0 Å². The maximum atomic E-state index is 10.2. The average Bonchev–Trinajstić information content (AvgIpc) is 2.60. The highest BCUT2D eigenvalue weighted by Gasteiger charge is 2.18. The van der Waals surface area contributed by atoms with E-state index in [0.717, 1.165) is 36.9 Å². The molecule has 0 bridgehead atoms. The van der Waals surface area contributed by atoms with Crippen LogP contribution in [-0.4, -0.2) is 67.0 Å². The van der Waals surface area contributed by atoms with Gasteiger partial charge in [0, 0.05) is 43.7 Å². The van der Waals surface area contributed by atoms with Gasteiger partial charge in [-0.05, 0) is 30.5 Å². The van der Waals surface area contributed by atoms with E-state index in [2.05, 4.69) is 16.3 Å². The minimum absolute atomic E-state index is 0.291. The van der Waals surface area contributed by atoms with E-state index in [1.807, 2.05) is 23.9 Å². The zero-order valence-electron chi connectivity index (χ0n) is 15.1. The van der Waals surface area contributed by atoms with Crippen molar-refractivity contribution in [3.8, 4) is 11.5 Å². The number of nitrogens with zero attached hydrogens (tertiary/aromatic N) is 1. The van der Waals surface area contributed by atoms with Gasteiger partial charge in [0.25, 0.3) is 0 Å². The summed E-state index contributed by atoms with van der Waals surface area (Å²) in [6, 6.07) is 6.71. The van der Waals surface area contributed by atoms with Crippen molar-refractivity contribution < 1.29 is 14.6 Å². The molecule has 1 aromatic carbocycles. The van der Waals surface area contributed by atoms with Crippen LogP contribution in [0, 0.1) is 0 Å². The number of aliphatic hydroxyl groups is 1. The number of β-amino-alcohol motifs (C(OH)–C–C–N with tert-alkyl or cyclic N) is 1. The first kappa shape index (κ1) is 18.8. The second kappa shape index (κ2) is 9.67. The molecule has 1 atom stereocenters. The molecule has 0 amide bonds. The van der Waals surface area contributed by atoms with Crippen molar-refractivity contribution in [2.24, 2.45) is 0 Å². The molecule has 2 aliphatic rings. The van der Waals surface area contributed by atoms with Gasteiger partial charge in [-0.25, -0.2) is 0 Å². The molecule has 2 fully saturated rings. The van der Waals surface area contributed by atoms with Gasteiger partial charge in [0.2, 0.25) is 0 Å². The van der Waals surface area contributed by atoms with Gasteiger partial charge in [-0.2, -0.15) is 11.8 Å². The SMILES string of the molecule is COc1cc(CNC2CCC2)ccc1OC[C@H](O)CN1CCSCC1. The van der Waals surface area contributed by atoms with Gasteiger partial charge in [-0.15, -0.1) is 0 Å². The number of ether oxygens (including phenoxy) is 2. The van der Waals surface area contributed by atoms with Crippen LogP contribution in [-0.2, 0) is 6.54 Å². The van der Waals surface area contributed by atoms with Crippen LogP contribution in [0.1, 0.15) is 24.8 Å². The Labute approximate surface area is 155 Å². The molecule has 6 heteroatoms. The van der Waals surface area contributed by atoms with Crippen molar-refractivity contribution in [3.63, 3.8) is 0 Å². The minimum atomic E-state index is -0.479. The molecule has 140 valence electrons. The minimum Gasteiger partial charge on any atom is -0.493 e. The van der Waals surface area contributed by atoms with E-state index < -0.39 is 6.10 Å². The van der Waals surface area contributed by atoms with Crippen molar-refractivity contribution in [1.82, 2.24) is 10.2 Å². The fraction of sp³-hybridized carbons (Fsp3) is 0.684. The Balaban J connectivity index is 1.46. The van der Waals surface area contributed by atoms with E-state index in [1.165, 1.54) is 24.8 Å². The Hall–Kier alpha value is -0.950. The van der Waals surface area contributed by atoms with Gasteiger partial charge < -0.3 is 19.9 Å².